The van der Waals surface area contributed by atoms with Gasteiger partial charge in [0.05, 0.1) is 4.90 Å². The molecule has 1 aromatic carbocycles. The van der Waals surface area contributed by atoms with E-state index in [4.69, 9.17) is 0 Å². The number of sulfonamides is 1. The van der Waals surface area contributed by atoms with Gasteiger partial charge < -0.3 is 4.90 Å². The van der Waals surface area contributed by atoms with Gasteiger partial charge >= 0.3 is 0 Å². The maximum absolute atomic E-state index is 12.8. The number of carbonyl (C=O) groups excluding carboxylic acids is 3. The summed E-state index contributed by atoms with van der Waals surface area (Å²) in [6.07, 6.45) is 3.79. The van der Waals surface area contributed by atoms with Gasteiger partial charge in [0, 0.05) is 49.5 Å². The number of ketones is 1. The molecule has 2 aliphatic carbocycles. The molecule has 1 aromatic rings. The molecule has 0 aromatic heterocycles. The molecule has 10 heteroatoms. The second-order valence-electron chi connectivity index (χ2n) is 9.07. The van der Waals surface area contributed by atoms with E-state index in [1.54, 1.807) is 0 Å². The highest BCUT2D eigenvalue weighted by Crippen LogP contribution is 2.40. The van der Waals surface area contributed by atoms with Gasteiger partial charge in [0.15, 0.2) is 0 Å². The molecule has 3 fully saturated rings. The van der Waals surface area contributed by atoms with Crippen LogP contribution < -0.4 is 10.9 Å². The zero-order valence-electron chi connectivity index (χ0n) is 18.2. The van der Waals surface area contributed by atoms with E-state index < -0.39 is 15.9 Å². The van der Waals surface area contributed by atoms with Crippen LogP contribution in [0.5, 0.6) is 0 Å². The van der Waals surface area contributed by atoms with Gasteiger partial charge in [0.25, 0.3) is 5.91 Å². The Morgan fingerprint density at radius 3 is 2.12 bits per heavy atom. The first kappa shape index (κ1) is 22.9. The van der Waals surface area contributed by atoms with Gasteiger partial charge in [0.2, 0.25) is 15.9 Å². The Bertz CT molecular complexity index is 970. The quantitative estimate of drug-likeness (QED) is 0.639. The molecule has 1 aliphatic heterocycles. The molecule has 2 saturated carbocycles. The van der Waals surface area contributed by atoms with Crippen LogP contribution in [0.3, 0.4) is 0 Å². The van der Waals surface area contributed by atoms with E-state index in [2.05, 4.69) is 15.8 Å². The van der Waals surface area contributed by atoms with Crippen molar-refractivity contribution in [2.24, 2.45) is 17.8 Å². The van der Waals surface area contributed by atoms with Crippen molar-refractivity contribution < 1.29 is 22.8 Å². The third kappa shape index (κ3) is 4.72. The molecule has 1 saturated heterocycles. The van der Waals surface area contributed by atoms with Crippen molar-refractivity contribution in [1.82, 2.24) is 20.1 Å². The van der Waals surface area contributed by atoms with Crippen LogP contribution >= 0.6 is 0 Å². The Hall–Kier alpha value is -2.30. The van der Waals surface area contributed by atoms with Crippen molar-refractivity contribution >= 4 is 27.6 Å². The number of nitrogens with one attached hydrogen (secondary N) is 2. The molecule has 9 nitrogen and oxygen atoms in total. The van der Waals surface area contributed by atoms with E-state index in [0.717, 1.165) is 19.3 Å². The van der Waals surface area contributed by atoms with E-state index in [1.165, 1.54) is 28.6 Å². The SMILES string of the molecule is CN1CCN(S(=O)(=O)c2ccc(C(=O)NNC(=O)C3CC4CCCC(C3)C4=O)cc2)CC1. The molecule has 2 atom stereocenters. The second kappa shape index (κ2) is 9.29. The van der Waals surface area contributed by atoms with Crippen LogP contribution in [0.15, 0.2) is 29.2 Å². The molecule has 174 valence electrons. The summed E-state index contributed by atoms with van der Waals surface area (Å²) in [4.78, 5) is 39.4. The summed E-state index contributed by atoms with van der Waals surface area (Å²) in [5.74, 6) is -0.867. The molecule has 32 heavy (non-hydrogen) atoms. The topological polar surface area (TPSA) is 116 Å². The fourth-order valence-corrected chi connectivity index (χ4v) is 6.36. The third-order valence-electron chi connectivity index (χ3n) is 6.93. The summed E-state index contributed by atoms with van der Waals surface area (Å²) in [7, 11) is -1.65. The lowest BCUT2D eigenvalue weighted by Crippen LogP contribution is -2.48. The first-order valence-corrected chi connectivity index (χ1v) is 12.6. The lowest BCUT2D eigenvalue weighted by Gasteiger charge is -2.36. The standard InChI is InChI=1S/C22H30N4O5S/c1-25-9-11-26(12-10-25)32(30,31)19-7-5-15(6-8-19)21(28)23-24-22(29)18-13-16-3-2-4-17(14-18)20(16)27/h5-8,16-18H,2-4,9-14H2,1H3,(H,23,28)(H,24,29). The van der Waals surface area contributed by atoms with E-state index in [-0.39, 0.29) is 39.9 Å². The molecular weight excluding hydrogens is 432 g/mol. The number of benzene rings is 1. The monoisotopic (exact) mass is 462 g/mol. The predicted molar refractivity (Wildman–Crippen MR) is 117 cm³/mol. The van der Waals surface area contributed by atoms with Crippen molar-refractivity contribution in [3.05, 3.63) is 29.8 Å². The highest BCUT2D eigenvalue weighted by atomic mass is 32.2. The van der Waals surface area contributed by atoms with E-state index in [9.17, 15) is 22.8 Å². The Morgan fingerprint density at radius 2 is 1.53 bits per heavy atom. The number of hydrogen-bond acceptors (Lipinski definition) is 6. The minimum Gasteiger partial charge on any atom is -0.304 e. The van der Waals surface area contributed by atoms with Gasteiger partial charge in [-0.2, -0.15) is 4.31 Å². The molecule has 2 unspecified atom stereocenters. The van der Waals surface area contributed by atoms with Crippen LogP contribution in [-0.2, 0) is 19.6 Å². The number of fused-ring (bicyclic) bond motifs is 2. The molecular formula is C22H30N4O5S. The Balaban J connectivity index is 1.32. The number of nitrogens with zero attached hydrogens (tertiary/aromatic N) is 2. The lowest BCUT2D eigenvalue weighted by molar-refractivity contribution is -0.138. The largest absolute Gasteiger partial charge is 0.304 e. The number of rotatable bonds is 4. The molecule has 2 bridgehead atoms. The fourth-order valence-electron chi connectivity index (χ4n) is 4.94. The molecule has 4 rings (SSSR count). The summed E-state index contributed by atoms with van der Waals surface area (Å²) in [5.41, 5.74) is 5.13. The zero-order chi connectivity index (χ0) is 22.9. The number of likely N-dealkylation sites (N-methyl/N-ethyl adjacent to an activating group) is 1. The van der Waals surface area contributed by atoms with E-state index in [1.807, 2.05) is 7.05 Å². The Kier molecular flexibility index (Phi) is 6.64. The zero-order valence-corrected chi connectivity index (χ0v) is 19.1. The first-order valence-electron chi connectivity index (χ1n) is 11.2. The summed E-state index contributed by atoms with van der Waals surface area (Å²) >= 11 is 0. The molecule has 2 N–H and O–H groups in total. The Morgan fingerprint density at radius 1 is 0.938 bits per heavy atom. The average Bonchev–Trinajstić information content (AvgIpc) is 2.77. The number of hydrazine groups is 1. The Labute approximate surface area is 188 Å². The van der Waals surface area contributed by atoms with Crippen LogP contribution in [0.25, 0.3) is 0 Å². The van der Waals surface area contributed by atoms with Crippen molar-refractivity contribution in [2.75, 3.05) is 33.2 Å². The number of Topliss-reactive ketones (excluding diaryl/α,β-unsaturated/α-hetero) is 1. The summed E-state index contributed by atoms with van der Waals surface area (Å²) in [6, 6.07) is 5.71. The van der Waals surface area contributed by atoms with Crippen molar-refractivity contribution in [1.29, 1.82) is 0 Å². The summed E-state index contributed by atoms with van der Waals surface area (Å²) < 4.78 is 27.0. The van der Waals surface area contributed by atoms with Gasteiger partial charge in [0.1, 0.15) is 5.78 Å². The minimum absolute atomic E-state index is 0.0382. The predicted octanol–water partition coefficient (Wildman–Crippen LogP) is 0.779. The first-order chi connectivity index (χ1) is 15.3. The number of hydrogen-bond donors (Lipinski definition) is 2. The van der Waals surface area contributed by atoms with Crippen LogP contribution in [0, 0.1) is 17.8 Å². The second-order valence-corrected chi connectivity index (χ2v) is 11.0. The van der Waals surface area contributed by atoms with Crippen molar-refractivity contribution in [2.45, 2.75) is 37.0 Å². The maximum Gasteiger partial charge on any atom is 0.269 e. The van der Waals surface area contributed by atoms with Gasteiger partial charge in [-0.15, -0.1) is 0 Å². The molecule has 1 heterocycles. The molecule has 0 radical (unpaired) electrons. The molecule has 3 aliphatic rings. The number of amides is 2. The molecule has 0 spiro atoms. The normalized spacial score (nSPS) is 27.0. The van der Waals surface area contributed by atoms with Crippen LogP contribution in [0.2, 0.25) is 0 Å². The van der Waals surface area contributed by atoms with Crippen LogP contribution in [0.1, 0.15) is 42.5 Å². The van der Waals surface area contributed by atoms with Gasteiger partial charge in [-0.25, -0.2) is 8.42 Å². The fraction of sp³-hybridized carbons (Fsp3) is 0.591. The minimum atomic E-state index is -3.60. The van der Waals surface area contributed by atoms with Gasteiger partial charge in [-0.3, -0.25) is 25.2 Å². The van der Waals surface area contributed by atoms with Crippen LogP contribution in [-0.4, -0.2) is 68.4 Å². The third-order valence-corrected chi connectivity index (χ3v) is 8.85. The van der Waals surface area contributed by atoms with Crippen molar-refractivity contribution in [3.63, 3.8) is 0 Å². The lowest BCUT2D eigenvalue weighted by atomic mass is 9.67. The summed E-state index contributed by atoms with van der Waals surface area (Å²) in [5, 5.41) is 0. The van der Waals surface area contributed by atoms with E-state index >= 15 is 0 Å². The summed E-state index contributed by atoms with van der Waals surface area (Å²) in [6.45, 7) is 2.22. The smallest absolute Gasteiger partial charge is 0.269 e. The average molecular weight is 463 g/mol. The maximum atomic E-state index is 12.8. The number of carbonyl (C=O) groups is 3. The highest BCUT2D eigenvalue weighted by molar-refractivity contribution is 7.89. The molecule has 2 amide bonds. The number of piperazine rings is 1. The highest BCUT2D eigenvalue weighted by Gasteiger charge is 2.41. The van der Waals surface area contributed by atoms with Gasteiger partial charge in [-0.1, -0.05) is 6.42 Å². The van der Waals surface area contributed by atoms with Crippen molar-refractivity contribution in [3.8, 4) is 0 Å². The van der Waals surface area contributed by atoms with E-state index in [0.29, 0.717) is 39.0 Å². The van der Waals surface area contributed by atoms with Crippen LogP contribution in [0.4, 0.5) is 0 Å². The van der Waals surface area contributed by atoms with Gasteiger partial charge in [-0.05, 0) is 57.0 Å².